The number of carbonyl (C=O) groups excluding carboxylic acids is 1. The van der Waals surface area contributed by atoms with Gasteiger partial charge in [0.2, 0.25) is 0 Å². The molecule has 0 saturated heterocycles. The van der Waals surface area contributed by atoms with Crippen molar-refractivity contribution >= 4 is 35.8 Å². The zero-order valence-corrected chi connectivity index (χ0v) is 21.1. The maximum Gasteiger partial charge on any atom is 0.377 e. The Morgan fingerprint density at radius 2 is 1.71 bits per heavy atom. The van der Waals surface area contributed by atoms with Crippen LogP contribution in [-0.2, 0) is 24.4 Å². The summed E-state index contributed by atoms with van der Waals surface area (Å²) in [5.74, 6) is -0.641. The van der Waals surface area contributed by atoms with Gasteiger partial charge in [-0.25, -0.2) is 14.4 Å². The van der Waals surface area contributed by atoms with Crippen molar-refractivity contribution in [3.8, 4) is 11.3 Å². The summed E-state index contributed by atoms with van der Waals surface area (Å²) >= 11 is 0. The Morgan fingerprint density at radius 1 is 1.11 bits per heavy atom. The molecule has 0 aliphatic carbocycles. The lowest BCUT2D eigenvalue weighted by atomic mass is 10.1. The van der Waals surface area contributed by atoms with Crippen LogP contribution >= 0.6 is 7.60 Å². The normalized spacial score (nSPS) is 13.3. The van der Waals surface area contributed by atoms with E-state index in [1.54, 1.807) is 0 Å². The van der Waals surface area contributed by atoms with E-state index in [0.717, 1.165) is 11.1 Å². The van der Waals surface area contributed by atoms with E-state index in [1.807, 2.05) is 31.2 Å². The van der Waals surface area contributed by atoms with Crippen LogP contribution in [-0.4, -0.2) is 38.5 Å². The molecule has 35 heavy (non-hydrogen) atoms. The summed E-state index contributed by atoms with van der Waals surface area (Å²) in [4.78, 5) is 21.3. The topological polar surface area (TPSA) is 134 Å². The quantitative estimate of drug-likeness (QED) is 0.360. The Labute approximate surface area is 205 Å². The van der Waals surface area contributed by atoms with E-state index in [9.17, 15) is 18.0 Å². The highest BCUT2D eigenvalue weighted by atomic mass is 32.2. The van der Waals surface area contributed by atoms with Gasteiger partial charge >= 0.3 is 7.60 Å². The van der Waals surface area contributed by atoms with Gasteiger partial charge in [0, 0.05) is 16.1 Å². The second-order valence-corrected chi connectivity index (χ2v) is 11.2. The van der Waals surface area contributed by atoms with Crippen LogP contribution in [0, 0.1) is 6.92 Å². The van der Waals surface area contributed by atoms with Gasteiger partial charge < -0.3 is 20.1 Å². The third kappa shape index (κ3) is 6.37. The zero-order chi connectivity index (χ0) is 25.6. The number of nitrogens with one attached hydrogen (secondary N) is 1. The van der Waals surface area contributed by atoms with Gasteiger partial charge in [-0.2, -0.15) is 0 Å². The summed E-state index contributed by atoms with van der Waals surface area (Å²) in [6.07, 6.45) is 1.48. The number of benzene rings is 2. The molecule has 186 valence electrons. The molecule has 0 aliphatic heterocycles. The highest BCUT2D eigenvalue weighted by Crippen LogP contribution is 2.55. The van der Waals surface area contributed by atoms with Gasteiger partial charge in [-0.15, -0.1) is 0 Å². The Hall–Kier alpha value is -2.98. The molecule has 0 spiro atoms. The lowest BCUT2D eigenvalue weighted by Crippen LogP contribution is -2.17. The molecule has 0 radical (unpaired) electrons. The number of alkyl halides is 1. The number of nitrogens with two attached hydrogens (primary N) is 1. The molecule has 2 aromatic carbocycles. The Bertz CT molecular complexity index is 1250. The molecule has 1 amide bonds. The molecule has 2 atom stereocenters. The van der Waals surface area contributed by atoms with Crippen molar-refractivity contribution in [2.24, 2.45) is 0 Å². The number of amides is 1. The molecule has 0 fully saturated rings. The fourth-order valence-electron chi connectivity index (χ4n) is 3.04. The standard InChI is InChI=1S/C23H26FN4O5PS/c1-4-32-34(30,33-5-2)23(24)35(31)18-12-10-17(11-13-18)27-22(29)20-21(25)26-14-19(28-20)16-8-6-15(3)7-9-16/h6-14,23H,4-5H2,1-3H3,(H2,25,26)(H,27,29). The average Bonchev–Trinajstić information content (AvgIpc) is 2.84. The summed E-state index contributed by atoms with van der Waals surface area (Å²) < 4.78 is 49.8. The van der Waals surface area contributed by atoms with E-state index in [0.29, 0.717) is 11.4 Å². The van der Waals surface area contributed by atoms with Gasteiger partial charge in [0.1, 0.15) is 10.8 Å². The number of anilines is 2. The number of rotatable bonds is 10. The number of hydrogen-bond acceptors (Lipinski definition) is 8. The monoisotopic (exact) mass is 520 g/mol. The molecule has 2 unspecified atom stereocenters. The SMILES string of the molecule is CCOP(=O)(OCC)C(F)S(=O)c1ccc(NC(=O)c2nc(-c3ccc(C)cc3)cnc2N)cc1. The minimum absolute atomic E-state index is 0.0426. The molecule has 1 heterocycles. The van der Waals surface area contributed by atoms with Crippen LogP contribution < -0.4 is 11.1 Å². The largest absolute Gasteiger partial charge is 0.382 e. The van der Waals surface area contributed by atoms with Crippen LogP contribution in [0.15, 0.2) is 59.6 Å². The third-order valence-corrected chi connectivity index (χ3v) is 8.92. The van der Waals surface area contributed by atoms with Crippen LogP contribution in [0.2, 0.25) is 0 Å². The molecule has 0 saturated carbocycles. The fraction of sp³-hybridized carbons (Fsp3) is 0.261. The van der Waals surface area contributed by atoms with E-state index in [-0.39, 0.29) is 29.6 Å². The summed E-state index contributed by atoms with van der Waals surface area (Å²) in [5.41, 5.74) is 8.47. The molecule has 0 aliphatic rings. The minimum Gasteiger partial charge on any atom is -0.382 e. The van der Waals surface area contributed by atoms with E-state index < -0.39 is 29.5 Å². The number of aryl methyl sites for hydroxylation is 1. The Morgan fingerprint density at radius 3 is 2.29 bits per heavy atom. The lowest BCUT2D eigenvalue weighted by Gasteiger charge is -2.20. The summed E-state index contributed by atoms with van der Waals surface area (Å²) in [5, 5.41) is 0.276. The molecule has 3 rings (SSSR count). The number of nitrogen functional groups attached to an aromatic ring is 1. The van der Waals surface area contributed by atoms with Crippen molar-refractivity contribution in [1.82, 2.24) is 9.97 Å². The first-order valence-corrected chi connectivity index (χ1v) is 13.6. The number of halogens is 1. The number of nitrogens with zero attached hydrogens (tertiary/aromatic N) is 2. The fourth-order valence-corrected chi connectivity index (χ4v) is 6.36. The maximum absolute atomic E-state index is 14.8. The van der Waals surface area contributed by atoms with Crippen molar-refractivity contribution in [2.45, 2.75) is 30.9 Å². The second kappa shape index (κ2) is 11.6. The molecule has 0 bridgehead atoms. The van der Waals surface area contributed by atoms with Crippen molar-refractivity contribution in [2.75, 3.05) is 24.3 Å². The first kappa shape index (κ1) is 26.6. The van der Waals surface area contributed by atoms with Gasteiger partial charge in [-0.3, -0.25) is 13.6 Å². The smallest absolute Gasteiger partial charge is 0.377 e. The van der Waals surface area contributed by atoms with Gasteiger partial charge in [0.15, 0.2) is 11.5 Å². The van der Waals surface area contributed by atoms with Crippen LogP contribution in [0.5, 0.6) is 0 Å². The van der Waals surface area contributed by atoms with Crippen LogP contribution in [0.4, 0.5) is 15.9 Å². The number of hydrogen-bond donors (Lipinski definition) is 2. The molecular weight excluding hydrogens is 494 g/mol. The van der Waals surface area contributed by atoms with Gasteiger partial charge in [-0.05, 0) is 45.0 Å². The predicted octanol–water partition coefficient (Wildman–Crippen LogP) is 4.91. The van der Waals surface area contributed by atoms with Crippen molar-refractivity contribution in [3.63, 3.8) is 0 Å². The first-order chi connectivity index (χ1) is 16.7. The first-order valence-electron chi connectivity index (χ1n) is 10.7. The van der Waals surface area contributed by atoms with Crippen LogP contribution in [0.25, 0.3) is 11.3 Å². The molecule has 1 aromatic heterocycles. The molecule has 9 nitrogen and oxygen atoms in total. The maximum atomic E-state index is 14.8. The number of carbonyl (C=O) groups is 1. The Balaban J connectivity index is 1.76. The lowest BCUT2D eigenvalue weighted by molar-refractivity contribution is 0.102. The Kier molecular flexibility index (Phi) is 8.85. The number of aromatic nitrogens is 2. The van der Waals surface area contributed by atoms with Crippen molar-refractivity contribution in [1.29, 1.82) is 0 Å². The average molecular weight is 521 g/mol. The summed E-state index contributed by atoms with van der Waals surface area (Å²) in [7, 11) is -6.53. The van der Waals surface area contributed by atoms with E-state index in [4.69, 9.17) is 14.8 Å². The highest BCUT2D eigenvalue weighted by molar-refractivity contribution is 7.93. The molecular formula is C23H26FN4O5PS. The van der Waals surface area contributed by atoms with Gasteiger partial charge in [0.25, 0.3) is 11.2 Å². The molecule has 12 heteroatoms. The van der Waals surface area contributed by atoms with E-state index in [2.05, 4.69) is 15.3 Å². The van der Waals surface area contributed by atoms with E-state index in [1.165, 1.54) is 44.3 Å². The molecule has 3 N–H and O–H groups in total. The summed E-state index contributed by atoms with van der Waals surface area (Å²) in [6.45, 7) is 4.91. The van der Waals surface area contributed by atoms with E-state index >= 15 is 0 Å². The van der Waals surface area contributed by atoms with Crippen LogP contribution in [0.3, 0.4) is 0 Å². The second-order valence-electron chi connectivity index (χ2n) is 7.30. The van der Waals surface area contributed by atoms with Crippen molar-refractivity contribution in [3.05, 3.63) is 66.0 Å². The minimum atomic E-state index is -4.21. The highest BCUT2D eigenvalue weighted by Gasteiger charge is 2.41. The third-order valence-electron chi connectivity index (χ3n) is 4.75. The van der Waals surface area contributed by atoms with Gasteiger partial charge in [-0.1, -0.05) is 29.8 Å². The van der Waals surface area contributed by atoms with Gasteiger partial charge in [0.05, 0.1) is 25.1 Å². The summed E-state index contributed by atoms with van der Waals surface area (Å²) in [6, 6.07) is 13.1. The van der Waals surface area contributed by atoms with Crippen LogP contribution in [0.1, 0.15) is 29.9 Å². The van der Waals surface area contributed by atoms with Crippen molar-refractivity contribution < 1.29 is 27.0 Å². The zero-order valence-electron chi connectivity index (χ0n) is 19.4. The molecule has 3 aromatic rings. The predicted molar refractivity (Wildman–Crippen MR) is 133 cm³/mol.